The summed E-state index contributed by atoms with van der Waals surface area (Å²) in [4.78, 5) is 15.0. The number of nitrogens with zero attached hydrogens (tertiary/aromatic N) is 3. The monoisotopic (exact) mass is 521 g/mol. The van der Waals surface area contributed by atoms with Crippen molar-refractivity contribution >= 4 is 62.0 Å². The number of anilines is 2. The summed E-state index contributed by atoms with van der Waals surface area (Å²) >= 11 is 6.00. The number of hydrogen-bond acceptors (Lipinski definition) is 7. The van der Waals surface area contributed by atoms with Gasteiger partial charge >= 0.3 is 0 Å². The van der Waals surface area contributed by atoms with Gasteiger partial charge in [-0.05, 0) is 55.4 Å². The zero-order chi connectivity index (χ0) is 23.8. The number of pyridine rings is 1. The molecular formula is C22H21Cl2N5O4S. The Morgan fingerprint density at radius 3 is 2.62 bits per heavy atom. The van der Waals surface area contributed by atoms with E-state index in [9.17, 15) is 18.5 Å². The molecule has 12 heteroatoms. The number of nitro benzene ring substituents is 1. The third-order valence-electron chi connectivity index (χ3n) is 5.16. The third kappa shape index (κ3) is 4.71. The van der Waals surface area contributed by atoms with Gasteiger partial charge < -0.3 is 10.6 Å². The number of halogens is 2. The van der Waals surface area contributed by atoms with E-state index in [1.165, 1.54) is 28.5 Å². The van der Waals surface area contributed by atoms with Crippen molar-refractivity contribution in [3.63, 3.8) is 0 Å². The Labute approximate surface area is 207 Å². The summed E-state index contributed by atoms with van der Waals surface area (Å²) in [5.74, 6) is 0. The van der Waals surface area contributed by atoms with E-state index in [1.807, 2.05) is 0 Å². The molecule has 2 aromatic heterocycles. The molecule has 0 spiro atoms. The highest BCUT2D eigenvalue weighted by molar-refractivity contribution is 7.90. The third-order valence-corrected chi connectivity index (χ3v) is 7.03. The summed E-state index contributed by atoms with van der Waals surface area (Å²) in [6.07, 6.45) is 4.37. The maximum absolute atomic E-state index is 13.3. The molecule has 0 aliphatic rings. The van der Waals surface area contributed by atoms with Crippen molar-refractivity contribution in [2.75, 3.05) is 12.4 Å². The molecule has 0 atom stereocenters. The predicted molar refractivity (Wildman–Crippen MR) is 135 cm³/mol. The average molecular weight is 522 g/mol. The SMILES string of the molecule is CNCc1cn(S(=O)(=O)c2cccnc2)c2cc(Nc3c(C)cc(Cl)cc3[N+](=O)[O-])ccc12.Cl. The van der Waals surface area contributed by atoms with Crippen LogP contribution >= 0.6 is 24.0 Å². The molecule has 0 bridgehead atoms. The topological polar surface area (TPSA) is 119 Å². The Morgan fingerprint density at radius 2 is 1.97 bits per heavy atom. The molecule has 4 aromatic rings. The van der Waals surface area contributed by atoms with E-state index in [-0.39, 0.29) is 33.7 Å². The summed E-state index contributed by atoms with van der Waals surface area (Å²) in [7, 11) is -2.14. The lowest BCUT2D eigenvalue weighted by Crippen LogP contribution is -2.12. The normalized spacial score (nSPS) is 11.3. The minimum absolute atomic E-state index is 0. The molecule has 34 heavy (non-hydrogen) atoms. The van der Waals surface area contributed by atoms with E-state index < -0.39 is 14.9 Å². The van der Waals surface area contributed by atoms with Gasteiger partial charge in [0.2, 0.25) is 0 Å². The Bertz CT molecular complexity index is 1470. The van der Waals surface area contributed by atoms with Crippen LogP contribution in [0.2, 0.25) is 5.02 Å². The van der Waals surface area contributed by atoms with Crippen molar-refractivity contribution in [1.29, 1.82) is 0 Å². The van der Waals surface area contributed by atoms with Gasteiger partial charge in [0.25, 0.3) is 15.7 Å². The molecule has 0 aliphatic heterocycles. The standard InChI is InChI=1S/C22H20ClN5O4S.ClH/c1-14-8-16(23)9-21(28(29)30)22(14)26-17-5-6-19-15(11-24-2)13-27(20(19)10-17)33(31,32)18-4-3-7-25-12-18;/h3-10,12-13,24,26H,11H2,1-2H3;1H. The van der Waals surface area contributed by atoms with Gasteiger partial charge in [-0.15, -0.1) is 12.4 Å². The molecule has 0 saturated carbocycles. The van der Waals surface area contributed by atoms with Crippen LogP contribution in [0.15, 0.2) is 66.0 Å². The summed E-state index contributed by atoms with van der Waals surface area (Å²) in [5, 5.41) is 18.7. The summed E-state index contributed by atoms with van der Waals surface area (Å²) in [6.45, 7) is 2.17. The fourth-order valence-electron chi connectivity index (χ4n) is 3.66. The second-order valence-corrected chi connectivity index (χ2v) is 9.66. The number of fused-ring (bicyclic) bond motifs is 1. The summed E-state index contributed by atoms with van der Waals surface area (Å²) < 4.78 is 27.9. The molecule has 9 nitrogen and oxygen atoms in total. The molecule has 2 N–H and O–H groups in total. The fraction of sp³-hybridized carbons (Fsp3) is 0.136. The van der Waals surface area contributed by atoms with E-state index in [0.29, 0.717) is 23.3 Å². The molecule has 0 aliphatic carbocycles. The molecule has 178 valence electrons. The van der Waals surface area contributed by atoms with Gasteiger partial charge in [-0.2, -0.15) is 0 Å². The van der Waals surface area contributed by atoms with Gasteiger partial charge in [-0.25, -0.2) is 12.4 Å². The van der Waals surface area contributed by atoms with Gasteiger partial charge in [0, 0.05) is 47.3 Å². The Morgan fingerprint density at radius 1 is 1.21 bits per heavy atom. The van der Waals surface area contributed by atoms with Crippen molar-refractivity contribution in [1.82, 2.24) is 14.3 Å². The maximum Gasteiger partial charge on any atom is 0.294 e. The quantitative estimate of drug-likeness (QED) is 0.258. The lowest BCUT2D eigenvalue weighted by molar-refractivity contribution is -0.383. The highest BCUT2D eigenvalue weighted by atomic mass is 35.5. The first kappa shape index (κ1) is 25.4. The average Bonchev–Trinajstić information content (AvgIpc) is 3.14. The minimum atomic E-state index is -3.92. The van der Waals surface area contributed by atoms with Gasteiger partial charge in [-0.3, -0.25) is 15.1 Å². The van der Waals surface area contributed by atoms with Crippen molar-refractivity contribution in [2.45, 2.75) is 18.4 Å². The van der Waals surface area contributed by atoms with Crippen molar-refractivity contribution in [3.8, 4) is 0 Å². The molecule has 0 radical (unpaired) electrons. The van der Waals surface area contributed by atoms with Crippen LogP contribution < -0.4 is 10.6 Å². The lowest BCUT2D eigenvalue weighted by Gasteiger charge is -2.12. The molecule has 0 unspecified atom stereocenters. The zero-order valence-electron chi connectivity index (χ0n) is 18.1. The molecule has 2 heterocycles. The fourth-order valence-corrected chi connectivity index (χ4v) is 5.28. The predicted octanol–water partition coefficient (Wildman–Crippen LogP) is 5.03. The van der Waals surface area contributed by atoms with E-state index in [4.69, 9.17) is 11.6 Å². The first-order valence-electron chi connectivity index (χ1n) is 9.88. The number of nitro groups is 1. The highest BCUT2D eigenvalue weighted by Crippen LogP contribution is 2.35. The van der Waals surface area contributed by atoms with Crippen molar-refractivity contribution in [3.05, 3.63) is 87.3 Å². The van der Waals surface area contributed by atoms with Crippen LogP contribution in [0.4, 0.5) is 17.1 Å². The van der Waals surface area contributed by atoms with Crippen LogP contribution in [-0.4, -0.2) is 29.3 Å². The Kier molecular flexibility index (Phi) is 7.47. The summed E-state index contributed by atoms with van der Waals surface area (Å²) in [6, 6.07) is 11.1. The van der Waals surface area contributed by atoms with E-state index in [1.54, 1.807) is 50.5 Å². The number of benzene rings is 2. The van der Waals surface area contributed by atoms with E-state index in [0.717, 1.165) is 10.9 Å². The van der Waals surface area contributed by atoms with Crippen molar-refractivity contribution in [2.24, 2.45) is 0 Å². The molecular weight excluding hydrogens is 501 g/mol. The molecule has 0 fully saturated rings. The summed E-state index contributed by atoms with van der Waals surface area (Å²) in [5.41, 5.74) is 2.42. The van der Waals surface area contributed by atoms with E-state index >= 15 is 0 Å². The van der Waals surface area contributed by atoms with Gasteiger partial charge in [0.05, 0.1) is 10.4 Å². The van der Waals surface area contributed by atoms with Crippen LogP contribution in [0.25, 0.3) is 10.9 Å². The van der Waals surface area contributed by atoms with Gasteiger partial charge in [-0.1, -0.05) is 17.7 Å². The van der Waals surface area contributed by atoms with Crippen LogP contribution in [0, 0.1) is 17.0 Å². The van der Waals surface area contributed by atoms with Crippen molar-refractivity contribution < 1.29 is 13.3 Å². The smallest absolute Gasteiger partial charge is 0.294 e. The number of rotatable bonds is 7. The highest BCUT2D eigenvalue weighted by Gasteiger charge is 2.23. The second kappa shape index (κ2) is 9.98. The van der Waals surface area contributed by atoms with Crippen LogP contribution in [-0.2, 0) is 16.6 Å². The number of aromatic nitrogens is 2. The molecule has 4 rings (SSSR count). The minimum Gasteiger partial charge on any atom is -0.350 e. The van der Waals surface area contributed by atoms with Crippen LogP contribution in [0.1, 0.15) is 11.1 Å². The maximum atomic E-state index is 13.3. The van der Waals surface area contributed by atoms with Gasteiger partial charge in [0.15, 0.2) is 0 Å². The Hall–Kier alpha value is -3.18. The largest absolute Gasteiger partial charge is 0.350 e. The lowest BCUT2D eigenvalue weighted by atomic mass is 10.1. The Balaban J connectivity index is 0.00000324. The number of nitrogens with one attached hydrogen (secondary N) is 2. The second-order valence-electron chi connectivity index (χ2n) is 7.41. The molecule has 0 saturated heterocycles. The first-order chi connectivity index (χ1) is 15.7. The van der Waals surface area contributed by atoms with Crippen LogP contribution in [0.3, 0.4) is 0 Å². The number of hydrogen-bond donors (Lipinski definition) is 2. The van der Waals surface area contributed by atoms with Crippen LogP contribution in [0.5, 0.6) is 0 Å². The molecule has 2 aromatic carbocycles. The first-order valence-corrected chi connectivity index (χ1v) is 11.7. The van der Waals surface area contributed by atoms with Gasteiger partial charge in [0.1, 0.15) is 10.6 Å². The zero-order valence-corrected chi connectivity index (χ0v) is 20.5. The number of aryl methyl sites for hydroxylation is 1. The van der Waals surface area contributed by atoms with E-state index in [2.05, 4.69) is 15.6 Å². The molecule has 0 amide bonds.